The minimum absolute atomic E-state index is 0.128. The van der Waals surface area contributed by atoms with Crippen LogP contribution in [0.4, 0.5) is 17.1 Å². The third-order valence-corrected chi connectivity index (χ3v) is 8.74. The number of para-hydroxylation sites is 1. The minimum Gasteiger partial charge on any atom is -0.468 e. The molecule has 0 radical (unpaired) electrons. The molecule has 1 aromatic heterocycles. The highest BCUT2D eigenvalue weighted by Crippen LogP contribution is 2.41. The number of hydrogen-bond donors (Lipinski definition) is 2. The van der Waals surface area contributed by atoms with Crippen LogP contribution in [0.15, 0.2) is 59.2 Å². The number of furan rings is 1. The third-order valence-electron chi connectivity index (χ3n) is 8.74. The van der Waals surface area contributed by atoms with Crippen molar-refractivity contribution in [2.45, 2.75) is 38.5 Å². The Kier molecular flexibility index (Phi) is 9.29. The van der Waals surface area contributed by atoms with Gasteiger partial charge in [-0.05, 0) is 75.0 Å². The third kappa shape index (κ3) is 7.40. The van der Waals surface area contributed by atoms with Crippen molar-refractivity contribution >= 4 is 28.9 Å². The van der Waals surface area contributed by atoms with Gasteiger partial charge >= 0.3 is 0 Å². The number of anilines is 3. The van der Waals surface area contributed by atoms with E-state index in [1.807, 2.05) is 24.3 Å². The topological polar surface area (TPSA) is 90.3 Å². The second-order valence-electron chi connectivity index (χ2n) is 11.9. The van der Waals surface area contributed by atoms with Crippen LogP contribution in [0, 0.1) is 6.92 Å². The molecule has 2 aliphatic heterocycles. The van der Waals surface area contributed by atoms with Gasteiger partial charge < -0.3 is 29.6 Å². The molecule has 228 valence electrons. The number of aryl methyl sites for hydroxylation is 1. The van der Waals surface area contributed by atoms with Crippen LogP contribution in [-0.4, -0.2) is 82.3 Å². The first-order valence-electron chi connectivity index (χ1n) is 15.7. The van der Waals surface area contributed by atoms with Crippen LogP contribution >= 0.6 is 0 Å². The van der Waals surface area contributed by atoms with Gasteiger partial charge in [-0.1, -0.05) is 18.2 Å². The SMILES string of the molecule is Cc1ccccc1N1CCN(c2ccc(C(=O)NCCCCN3CCOCC3)cc2NC(=O)c2coc(C3CC3)c2)CC1. The summed E-state index contributed by atoms with van der Waals surface area (Å²) in [5.41, 5.74) is 5.14. The molecule has 43 heavy (non-hydrogen) atoms. The van der Waals surface area contributed by atoms with Gasteiger partial charge in [0.05, 0.1) is 30.2 Å². The number of amides is 2. The fourth-order valence-electron chi connectivity index (χ4n) is 6.00. The highest BCUT2D eigenvalue weighted by atomic mass is 16.5. The highest BCUT2D eigenvalue weighted by Gasteiger charge is 2.28. The molecular weight excluding hydrogens is 542 g/mol. The molecule has 2 amide bonds. The Morgan fingerprint density at radius 1 is 0.837 bits per heavy atom. The molecule has 9 heteroatoms. The van der Waals surface area contributed by atoms with Gasteiger partial charge in [0, 0.05) is 63.0 Å². The standard InChI is InChI=1S/C34H43N5O4/c1-25-6-2-3-7-30(25)38-14-16-39(17-15-38)31-11-10-27(33(40)35-12-4-5-13-37-18-20-42-21-19-37)22-29(31)36-34(41)28-23-32(43-24-28)26-8-9-26/h2-3,6-7,10-11,22-24,26H,4-5,8-9,12-21H2,1H3,(H,35,40)(H,36,41). The molecule has 9 nitrogen and oxygen atoms in total. The van der Waals surface area contributed by atoms with Gasteiger partial charge in [-0.15, -0.1) is 0 Å². The van der Waals surface area contributed by atoms with E-state index in [0.717, 1.165) is 96.2 Å². The fraction of sp³-hybridized carbons (Fsp3) is 0.471. The summed E-state index contributed by atoms with van der Waals surface area (Å²) in [6.07, 6.45) is 5.70. The summed E-state index contributed by atoms with van der Waals surface area (Å²) in [5, 5.41) is 6.18. The molecule has 2 N–H and O–H groups in total. The molecule has 3 fully saturated rings. The van der Waals surface area contributed by atoms with E-state index in [9.17, 15) is 9.59 Å². The van der Waals surface area contributed by atoms with Gasteiger partial charge in [-0.25, -0.2) is 0 Å². The van der Waals surface area contributed by atoms with Crippen molar-refractivity contribution in [1.82, 2.24) is 10.2 Å². The number of piperazine rings is 1. The molecule has 0 atom stereocenters. The van der Waals surface area contributed by atoms with Crippen molar-refractivity contribution in [3.63, 3.8) is 0 Å². The first kappa shape index (κ1) is 29.3. The predicted molar refractivity (Wildman–Crippen MR) is 170 cm³/mol. The first-order chi connectivity index (χ1) is 21.0. The number of unbranched alkanes of at least 4 members (excludes halogenated alkanes) is 1. The summed E-state index contributed by atoms with van der Waals surface area (Å²) in [5.74, 6) is 0.954. The van der Waals surface area contributed by atoms with Crippen LogP contribution in [0.1, 0.15) is 63.6 Å². The molecule has 3 aromatic rings. The Morgan fingerprint density at radius 2 is 1.58 bits per heavy atom. The van der Waals surface area contributed by atoms with E-state index in [4.69, 9.17) is 9.15 Å². The molecule has 0 spiro atoms. The molecule has 2 saturated heterocycles. The maximum atomic E-state index is 13.3. The van der Waals surface area contributed by atoms with Crippen molar-refractivity contribution in [1.29, 1.82) is 0 Å². The number of benzene rings is 2. The number of morpholine rings is 1. The van der Waals surface area contributed by atoms with E-state index in [0.29, 0.717) is 29.3 Å². The monoisotopic (exact) mass is 585 g/mol. The summed E-state index contributed by atoms with van der Waals surface area (Å²) < 4.78 is 11.1. The molecule has 0 bridgehead atoms. The van der Waals surface area contributed by atoms with Crippen LogP contribution in [0.2, 0.25) is 0 Å². The van der Waals surface area contributed by atoms with Gasteiger partial charge in [0.15, 0.2) is 0 Å². The summed E-state index contributed by atoms with van der Waals surface area (Å²) in [4.78, 5) is 33.6. The Balaban J connectivity index is 1.12. The summed E-state index contributed by atoms with van der Waals surface area (Å²) >= 11 is 0. The van der Waals surface area contributed by atoms with E-state index in [2.05, 4.69) is 56.5 Å². The average Bonchev–Trinajstić information content (AvgIpc) is 3.77. The second-order valence-corrected chi connectivity index (χ2v) is 11.9. The number of nitrogens with one attached hydrogen (secondary N) is 2. The van der Waals surface area contributed by atoms with Gasteiger partial charge in [-0.2, -0.15) is 0 Å². The van der Waals surface area contributed by atoms with Gasteiger partial charge in [0.1, 0.15) is 12.0 Å². The zero-order valence-corrected chi connectivity index (χ0v) is 25.1. The van der Waals surface area contributed by atoms with Crippen LogP contribution in [0.25, 0.3) is 0 Å². The Labute approximate surface area is 254 Å². The van der Waals surface area contributed by atoms with Crippen molar-refractivity contribution in [2.75, 3.05) is 80.7 Å². The zero-order valence-electron chi connectivity index (χ0n) is 25.1. The number of hydrogen-bond acceptors (Lipinski definition) is 7. The lowest BCUT2D eigenvalue weighted by Crippen LogP contribution is -2.47. The molecule has 0 unspecified atom stereocenters. The van der Waals surface area contributed by atoms with Gasteiger partial charge in [0.2, 0.25) is 0 Å². The zero-order chi connectivity index (χ0) is 29.6. The Morgan fingerprint density at radius 3 is 2.33 bits per heavy atom. The van der Waals surface area contributed by atoms with E-state index in [-0.39, 0.29) is 11.8 Å². The average molecular weight is 586 g/mol. The number of nitrogens with zero attached hydrogens (tertiary/aromatic N) is 3. The van der Waals surface area contributed by atoms with E-state index in [1.54, 1.807) is 0 Å². The van der Waals surface area contributed by atoms with Crippen molar-refractivity contribution in [2.24, 2.45) is 0 Å². The smallest absolute Gasteiger partial charge is 0.258 e. The summed E-state index contributed by atoms with van der Waals surface area (Å²) in [7, 11) is 0. The normalized spacial score (nSPS) is 17.6. The molecule has 1 saturated carbocycles. The highest BCUT2D eigenvalue weighted by molar-refractivity contribution is 6.07. The predicted octanol–water partition coefficient (Wildman–Crippen LogP) is 4.89. The molecule has 3 aliphatic rings. The lowest BCUT2D eigenvalue weighted by molar-refractivity contribution is 0.0372. The first-order valence-corrected chi connectivity index (χ1v) is 15.7. The van der Waals surface area contributed by atoms with E-state index in [1.165, 1.54) is 17.5 Å². The fourth-order valence-corrected chi connectivity index (χ4v) is 6.00. The van der Waals surface area contributed by atoms with Gasteiger partial charge in [-0.3, -0.25) is 14.5 Å². The maximum Gasteiger partial charge on any atom is 0.258 e. The molecule has 6 rings (SSSR count). The van der Waals surface area contributed by atoms with Crippen LogP contribution in [-0.2, 0) is 4.74 Å². The minimum atomic E-state index is -0.226. The number of rotatable bonds is 11. The van der Waals surface area contributed by atoms with Crippen LogP contribution < -0.4 is 20.4 Å². The number of carbonyl (C=O) groups is 2. The lowest BCUT2D eigenvalue weighted by Gasteiger charge is -2.38. The summed E-state index contributed by atoms with van der Waals surface area (Å²) in [6, 6.07) is 16.0. The number of ether oxygens (including phenoxy) is 1. The largest absolute Gasteiger partial charge is 0.468 e. The molecule has 1 aliphatic carbocycles. The van der Waals surface area contributed by atoms with Crippen molar-refractivity contribution < 1.29 is 18.7 Å². The maximum absolute atomic E-state index is 13.3. The Hall–Kier alpha value is -3.82. The summed E-state index contributed by atoms with van der Waals surface area (Å²) in [6.45, 7) is 10.7. The van der Waals surface area contributed by atoms with Crippen molar-refractivity contribution in [3.05, 3.63) is 77.2 Å². The van der Waals surface area contributed by atoms with Crippen LogP contribution in [0.5, 0.6) is 0 Å². The lowest BCUT2D eigenvalue weighted by atomic mass is 10.1. The van der Waals surface area contributed by atoms with Gasteiger partial charge in [0.25, 0.3) is 11.8 Å². The van der Waals surface area contributed by atoms with E-state index < -0.39 is 0 Å². The van der Waals surface area contributed by atoms with E-state index >= 15 is 0 Å². The Bertz CT molecular complexity index is 1400. The molecule has 3 heterocycles. The molecular formula is C34H43N5O4. The quantitative estimate of drug-likeness (QED) is 0.310. The van der Waals surface area contributed by atoms with Crippen LogP contribution in [0.3, 0.4) is 0 Å². The molecule has 2 aromatic carbocycles. The second kappa shape index (κ2) is 13.7. The number of carbonyl (C=O) groups excluding carboxylic acids is 2. The van der Waals surface area contributed by atoms with Crippen molar-refractivity contribution in [3.8, 4) is 0 Å².